The van der Waals surface area contributed by atoms with Gasteiger partial charge in [-0.15, -0.1) is 0 Å². The molecule has 0 saturated carbocycles. The van der Waals surface area contributed by atoms with Crippen LogP contribution in [-0.4, -0.2) is 12.5 Å². The summed E-state index contributed by atoms with van der Waals surface area (Å²) >= 11 is 3.47. The lowest BCUT2D eigenvalue weighted by Gasteiger charge is -2.10. The first-order valence-corrected chi connectivity index (χ1v) is 14.0. The highest BCUT2D eigenvalue weighted by Crippen LogP contribution is 2.19. The average Bonchev–Trinajstić information content (AvgIpc) is 2.82. The number of alkyl halides is 1. The van der Waals surface area contributed by atoms with Crippen LogP contribution >= 0.6 is 15.9 Å². The Bertz CT molecular complexity index is 793. The highest BCUT2D eigenvalue weighted by Gasteiger charge is 2.08. The van der Waals surface area contributed by atoms with Gasteiger partial charge in [-0.05, 0) is 35.7 Å². The van der Waals surface area contributed by atoms with Crippen LogP contribution in [0.25, 0.3) is 0 Å². The smallest absolute Gasteiger partial charge is 0.228 e. The Morgan fingerprint density at radius 3 is 2.12 bits per heavy atom. The Kier molecular flexibility index (Phi) is 14.7. The monoisotopic (exact) mass is 515 g/mol. The number of ether oxygens (including phenoxy) is 1. The summed E-state index contributed by atoms with van der Waals surface area (Å²) < 4.78 is 5.94. The molecule has 0 aliphatic heterocycles. The first-order valence-electron chi connectivity index (χ1n) is 12.9. The van der Waals surface area contributed by atoms with Gasteiger partial charge in [0.2, 0.25) is 5.91 Å². The minimum absolute atomic E-state index is 0.0125. The molecule has 0 aliphatic carbocycles. The summed E-state index contributed by atoms with van der Waals surface area (Å²) in [5.74, 6) is 0.839. The van der Waals surface area contributed by atoms with Gasteiger partial charge in [0.25, 0.3) is 0 Å². The van der Waals surface area contributed by atoms with E-state index in [1.54, 1.807) is 0 Å². The van der Waals surface area contributed by atoms with Crippen molar-refractivity contribution in [1.29, 1.82) is 0 Å². The Morgan fingerprint density at radius 1 is 0.818 bits per heavy atom. The number of unbranched alkanes of at least 4 members (excludes halogenated alkanes) is 11. The molecule has 4 heteroatoms. The van der Waals surface area contributed by atoms with Gasteiger partial charge < -0.3 is 10.1 Å². The summed E-state index contributed by atoms with van der Waals surface area (Å²) in [5, 5.41) is 3.73. The van der Waals surface area contributed by atoms with Crippen LogP contribution in [0.2, 0.25) is 0 Å². The number of amides is 1. The van der Waals surface area contributed by atoms with Crippen molar-refractivity contribution in [3.63, 3.8) is 0 Å². The van der Waals surface area contributed by atoms with Gasteiger partial charge in [-0.3, -0.25) is 4.79 Å². The van der Waals surface area contributed by atoms with Crippen molar-refractivity contribution in [1.82, 2.24) is 0 Å². The summed E-state index contributed by atoms with van der Waals surface area (Å²) in [6, 6.07) is 15.8. The van der Waals surface area contributed by atoms with E-state index in [4.69, 9.17) is 4.74 Å². The summed E-state index contributed by atoms with van der Waals surface area (Å²) in [4.78, 5) is 12.5. The molecule has 182 valence electrons. The van der Waals surface area contributed by atoms with E-state index in [2.05, 4.69) is 28.2 Å². The van der Waals surface area contributed by atoms with Crippen molar-refractivity contribution in [3.05, 3.63) is 59.7 Å². The molecule has 0 spiro atoms. The Morgan fingerprint density at radius 2 is 1.45 bits per heavy atom. The minimum atomic E-state index is -0.0125. The number of rotatable bonds is 18. The third-order valence-corrected chi connectivity index (χ3v) is 6.57. The molecular weight excluding hydrogens is 474 g/mol. The maximum absolute atomic E-state index is 12.5. The zero-order valence-electron chi connectivity index (χ0n) is 20.4. The van der Waals surface area contributed by atoms with E-state index in [1.165, 1.54) is 70.6 Å². The van der Waals surface area contributed by atoms with E-state index in [0.29, 0.717) is 11.8 Å². The SMILES string of the molecule is CCCCCCCCCCCCCCOc1cccc(CC(=O)Nc2ccccc2CBr)c1. The van der Waals surface area contributed by atoms with Gasteiger partial charge in [-0.2, -0.15) is 0 Å². The molecule has 2 aromatic carbocycles. The topological polar surface area (TPSA) is 38.3 Å². The quantitative estimate of drug-likeness (QED) is 0.159. The number of carbonyl (C=O) groups excluding carboxylic acids is 1. The number of carbonyl (C=O) groups is 1. The lowest BCUT2D eigenvalue weighted by atomic mass is 10.1. The molecule has 33 heavy (non-hydrogen) atoms. The summed E-state index contributed by atoms with van der Waals surface area (Å²) in [5.41, 5.74) is 2.90. The maximum atomic E-state index is 12.5. The first-order chi connectivity index (χ1) is 16.2. The molecular formula is C29H42BrNO2. The predicted octanol–water partition coefficient (Wildman–Crippen LogP) is 8.84. The molecule has 0 radical (unpaired) electrons. The fourth-order valence-electron chi connectivity index (χ4n) is 4.02. The number of para-hydroxylation sites is 1. The van der Waals surface area contributed by atoms with Gasteiger partial charge in [0.1, 0.15) is 5.75 Å². The number of hydrogen-bond acceptors (Lipinski definition) is 2. The van der Waals surface area contributed by atoms with E-state index in [1.807, 2.05) is 48.5 Å². The summed E-state index contributed by atoms with van der Waals surface area (Å²) in [6.45, 7) is 3.02. The van der Waals surface area contributed by atoms with Crippen LogP contribution in [0, 0.1) is 0 Å². The normalized spacial score (nSPS) is 10.8. The maximum Gasteiger partial charge on any atom is 0.228 e. The van der Waals surface area contributed by atoms with Gasteiger partial charge >= 0.3 is 0 Å². The standard InChI is InChI=1S/C29H42BrNO2/c1-2-3-4-5-6-7-8-9-10-11-12-15-21-33-27-19-16-17-25(22-27)23-29(32)31-28-20-14-13-18-26(28)24-30/h13-14,16-20,22H,2-12,15,21,23-24H2,1H3,(H,31,32). The predicted molar refractivity (Wildman–Crippen MR) is 144 cm³/mol. The molecule has 0 atom stereocenters. The molecule has 0 fully saturated rings. The second kappa shape index (κ2) is 17.6. The highest BCUT2D eigenvalue weighted by molar-refractivity contribution is 9.08. The Labute approximate surface area is 209 Å². The Hall–Kier alpha value is -1.81. The van der Waals surface area contributed by atoms with Gasteiger partial charge in [-0.25, -0.2) is 0 Å². The van der Waals surface area contributed by atoms with E-state index in [0.717, 1.165) is 35.6 Å². The number of hydrogen-bond donors (Lipinski definition) is 1. The first kappa shape index (κ1) is 27.4. The van der Waals surface area contributed by atoms with Crippen LogP contribution in [0.1, 0.15) is 95.1 Å². The number of benzene rings is 2. The van der Waals surface area contributed by atoms with Crippen LogP contribution in [0.15, 0.2) is 48.5 Å². The third kappa shape index (κ3) is 12.3. The molecule has 0 heterocycles. The van der Waals surface area contributed by atoms with Gasteiger partial charge in [0, 0.05) is 11.0 Å². The minimum Gasteiger partial charge on any atom is -0.494 e. The van der Waals surface area contributed by atoms with Crippen molar-refractivity contribution in [2.45, 2.75) is 95.7 Å². The molecule has 2 aromatic rings. The van der Waals surface area contributed by atoms with Crippen molar-refractivity contribution in [3.8, 4) is 5.75 Å². The van der Waals surface area contributed by atoms with Crippen molar-refractivity contribution in [2.75, 3.05) is 11.9 Å². The van der Waals surface area contributed by atoms with E-state index < -0.39 is 0 Å². The van der Waals surface area contributed by atoms with Crippen molar-refractivity contribution < 1.29 is 9.53 Å². The molecule has 0 saturated heterocycles. The lowest BCUT2D eigenvalue weighted by molar-refractivity contribution is -0.115. The average molecular weight is 517 g/mol. The fraction of sp³-hybridized carbons (Fsp3) is 0.552. The molecule has 0 aliphatic rings. The zero-order chi connectivity index (χ0) is 23.6. The zero-order valence-corrected chi connectivity index (χ0v) is 22.0. The van der Waals surface area contributed by atoms with E-state index in [9.17, 15) is 4.79 Å². The summed E-state index contributed by atoms with van der Waals surface area (Å²) in [6.07, 6.45) is 16.5. The van der Waals surface area contributed by atoms with Crippen LogP contribution in [0.5, 0.6) is 5.75 Å². The van der Waals surface area contributed by atoms with E-state index >= 15 is 0 Å². The van der Waals surface area contributed by atoms with Crippen molar-refractivity contribution in [2.24, 2.45) is 0 Å². The second-order valence-electron chi connectivity index (χ2n) is 8.90. The highest BCUT2D eigenvalue weighted by atomic mass is 79.9. The van der Waals surface area contributed by atoms with Crippen LogP contribution in [-0.2, 0) is 16.5 Å². The molecule has 1 amide bonds. The third-order valence-electron chi connectivity index (χ3n) is 5.97. The number of halogens is 1. The molecule has 2 rings (SSSR count). The Balaban J connectivity index is 1.56. The molecule has 3 nitrogen and oxygen atoms in total. The van der Waals surface area contributed by atoms with Gasteiger partial charge in [-0.1, -0.05) is 124 Å². The second-order valence-corrected chi connectivity index (χ2v) is 9.46. The van der Waals surface area contributed by atoms with Crippen molar-refractivity contribution >= 4 is 27.5 Å². The number of nitrogens with one attached hydrogen (secondary N) is 1. The largest absolute Gasteiger partial charge is 0.494 e. The lowest BCUT2D eigenvalue weighted by Crippen LogP contribution is -2.15. The van der Waals surface area contributed by atoms with Crippen LogP contribution in [0.3, 0.4) is 0 Å². The van der Waals surface area contributed by atoms with Gasteiger partial charge in [0.15, 0.2) is 0 Å². The molecule has 1 N–H and O–H groups in total. The molecule has 0 unspecified atom stereocenters. The molecule has 0 aromatic heterocycles. The van der Waals surface area contributed by atoms with Crippen LogP contribution in [0.4, 0.5) is 5.69 Å². The number of anilines is 1. The van der Waals surface area contributed by atoms with Crippen LogP contribution < -0.4 is 10.1 Å². The summed E-state index contributed by atoms with van der Waals surface area (Å²) in [7, 11) is 0. The molecule has 0 bridgehead atoms. The van der Waals surface area contributed by atoms with Gasteiger partial charge in [0.05, 0.1) is 13.0 Å². The van der Waals surface area contributed by atoms with E-state index in [-0.39, 0.29) is 5.91 Å². The fourth-order valence-corrected chi connectivity index (χ4v) is 4.51.